The van der Waals surface area contributed by atoms with Crippen molar-refractivity contribution in [2.24, 2.45) is 0 Å². The minimum atomic E-state index is -0.196. The fourth-order valence-corrected chi connectivity index (χ4v) is 0.783. The first-order chi connectivity index (χ1) is 4.83. The average molecular weight is 140 g/mol. The van der Waals surface area contributed by atoms with Gasteiger partial charge in [-0.1, -0.05) is 0 Å². The number of nitrogens with zero attached hydrogens (tertiary/aromatic N) is 2. The van der Waals surface area contributed by atoms with E-state index in [1.54, 1.807) is 0 Å². The zero-order valence-electron chi connectivity index (χ0n) is 5.54. The molecule has 0 aromatic rings. The van der Waals surface area contributed by atoms with Gasteiger partial charge in [0, 0.05) is 13.1 Å². The molecule has 0 aromatic carbocycles. The number of carbonyl (C=O) groups excluding carboxylic acids is 1. The maximum Gasteiger partial charge on any atom is 0.326 e. The SMILES string of the molecule is N#CCCN1CCC(=O)O1. The van der Waals surface area contributed by atoms with Crippen molar-refractivity contribution in [1.82, 2.24) is 5.06 Å². The Kier molecular flexibility index (Phi) is 2.24. The molecule has 4 nitrogen and oxygen atoms in total. The molecule has 1 rings (SSSR count). The Hall–Kier alpha value is -1.08. The van der Waals surface area contributed by atoms with Gasteiger partial charge < -0.3 is 4.84 Å². The largest absolute Gasteiger partial charge is 0.368 e. The average Bonchev–Trinajstić information content (AvgIpc) is 2.31. The summed E-state index contributed by atoms with van der Waals surface area (Å²) >= 11 is 0. The van der Waals surface area contributed by atoms with Crippen molar-refractivity contribution in [3.05, 3.63) is 0 Å². The van der Waals surface area contributed by atoms with Gasteiger partial charge in [-0.3, -0.25) is 4.79 Å². The Morgan fingerprint density at radius 1 is 1.80 bits per heavy atom. The summed E-state index contributed by atoms with van der Waals surface area (Å²) in [5.41, 5.74) is 0. The lowest BCUT2D eigenvalue weighted by Gasteiger charge is -2.08. The van der Waals surface area contributed by atoms with Crippen LogP contribution in [0.15, 0.2) is 0 Å². The maximum absolute atomic E-state index is 10.5. The first-order valence-corrected chi connectivity index (χ1v) is 3.15. The zero-order valence-corrected chi connectivity index (χ0v) is 5.54. The van der Waals surface area contributed by atoms with Crippen LogP contribution in [0.25, 0.3) is 0 Å². The van der Waals surface area contributed by atoms with Crippen LogP contribution in [0.2, 0.25) is 0 Å². The van der Waals surface area contributed by atoms with E-state index in [1.807, 2.05) is 6.07 Å². The van der Waals surface area contributed by atoms with E-state index in [0.717, 1.165) is 0 Å². The third kappa shape index (κ3) is 1.71. The number of rotatable bonds is 2. The van der Waals surface area contributed by atoms with E-state index in [9.17, 15) is 4.79 Å². The Morgan fingerprint density at radius 3 is 3.10 bits per heavy atom. The molecule has 0 aliphatic carbocycles. The highest BCUT2D eigenvalue weighted by Crippen LogP contribution is 2.05. The van der Waals surface area contributed by atoms with Crippen molar-refractivity contribution in [3.8, 4) is 6.07 Å². The van der Waals surface area contributed by atoms with Gasteiger partial charge in [-0.15, -0.1) is 5.06 Å². The predicted octanol–water partition coefficient (Wildman–Crippen LogP) is 0.0640. The summed E-state index contributed by atoms with van der Waals surface area (Å²) < 4.78 is 0. The molecule has 0 N–H and O–H groups in total. The van der Waals surface area contributed by atoms with Crippen LogP contribution in [0.3, 0.4) is 0 Å². The second kappa shape index (κ2) is 3.18. The number of hydrogen-bond acceptors (Lipinski definition) is 4. The van der Waals surface area contributed by atoms with Crippen LogP contribution in [0.1, 0.15) is 12.8 Å². The Bertz CT molecular complexity index is 173. The van der Waals surface area contributed by atoms with Crippen molar-refractivity contribution >= 4 is 5.97 Å². The molecular formula is C6H8N2O2. The van der Waals surface area contributed by atoms with E-state index in [1.165, 1.54) is 5.06 Å². The molecule has 0 aromatic heterocycles. The van der Waals surface area contributed by atoms with E-state index >= 15 is 0 Å². The van der Waals surface area contributed by atoms with Crippen LogP contribution < -0.4 is 0 Å². The second-order valence-electron chi connectivity index (χ2n) is 2.05. The normalized spacial score (nSPS) is 18.5. The highest BCUT2D eigenvalue weighted by molar-refractivity contribution is 5.70. The number of hydrogen-bond donors (Lipinski definition) is 0. The third-order valence-electron chi connectivity index (χ3n) is 1.27. The Labute approximate surface area is 58.9 Å². The van der Waals surface area contributed by atoms with E-state index in [0.29, 0.717) is 25.9 Å². The van der Waals surface area contributed by atoms with Crippen molar-refractivity contribution in [2.45, 2.75) is 12.8 Å². The van der Waals surface area contributed by atoms with E-state index in [-0.39, 0.29) is 5.97 Å². The molecule has 0 saturated carbocycles. The Morgan fingerprint density at radius 2 is 2.60 bits per heavy atom. The molecule has 1 heterocycles. The first-order valence-electron chi connectivity index (χ1n) is 3.15. The fraction of sp³-hybridized carbons (Fsp3) is 0.667. The Balaban J connectivity index is 2.20. The molecule has 54 valence electrons. The molecule has 0 spiro atoms. The molecule has 0 amide bonds. The van der Waals surface area contributed by atoms with E-state index in [2.05, 4.69) is 0 Å². The van der Waals surface area contributed by atoms with Gasteiger partial charge in [0.15, 0.2) is 0 Å². The summed E-state index contributed by atoms with van der Waals surface area (Å²) in [5.74, 6) is -0.196. The van der Waals surface area contributed by atoms with E-state index in [4.69, 9.17) is 10.1 Å². The zero-order chi connectivity index (χ0) is 7.40. The van der Waals surface area contributed by atoms with Crippen molar-refractivity contribution in [1.29, 1.82) is 5.26 Å². The minimum absolute atomic E-state index is 0.196. The standard InChI is InChI=1S/C6H8N2O2/c7-3-1-4-8-5-2-6(9)10-8/h1-2,4-5H2. The van der Waals surface area contributed by atoms with Gasteiger partial charge in [0.25, 0.3) is 0 Å². The summed E-state index contributed by atoms with van der Waals surface area (Å²) in [6.07, 6.45) is 0.860. The fourth-order valence-electron chi connectivity index (χ4n) is 0.783. The minimum Gasteiger partial charge on any atom is -0.368 e. The highest BCUT2D eigenvalue weighted by Gasteiger charge is 2.19. The van der Waals surface area contributed by atoms with Gasteiger partial charge in [-0.25, -0.2) is 0 Å². The van der Waals surface area contributed by atoms with Gasteiger partial charge >= 0.3 is 5.97 Å². The van der Waals surface area contributed by atoms with Crippen LogP contribution in [0, 0.1) is 11.3 Å². The topological polar surface area (TPSA) is 53.3 Å². The molecule has 1 fully saturated rings. The van der Waals surface area contributed by atoms with Gasteiger partial charge in [0.1, 0.15) is 0 Å². The number of carbonyl (C=O) groups is 1. The molecule has 0 bridgehead atoms. The smallest absolute Gasteiger partial charge is 0.326 e. The highest BCUT2D eigenvalue weighted by atomic mass is 16.7. The molecule has 1 saturated heterocycles. The van der Waals surface area contributed by atoms with Crippen LogP contribution in [0.5, 0.6) is 0 Å². The lowest BCUT2D eigenvalue weighted by molar-refractivity contribution is -0.169. The lowest BCUT2D eigenvalue weighted by Crippen LogP contribution is -2.19. The molecule has 1 aliphatic heterocycles. The van der Waals surface area contributed by atoms with Crippen LogP contribution in [0.4, 0.5) is 0 Å². The van der Waals surface area contributed by atoms with E-state index < -0.39 is 0 Å². The van der Waals surface area contributed by atoms with Gasteiger partial charge in [-0.2, -0.15) is 5.26 Å². The van der Waals surface area contributed by atoms with Crippen molar-refractivity contribution in [3.63, 3.8) is 0 Å². The molecular weight excluding hydrogens is 132 g/mol. The molecule has 0 unspecified atom stereocenters. The van der Waals surface area contributed by atoms with Crippen molar-refractivity contribution < 1.29 is 9.63 Å². The lowest BCUT2D eigenvalue weighted by atomic mass is 10.4. The molecule has 1 aliphatic rings. The number of hydroxylamine groups is 2. The van der Waals surface area contributed by atoms with Crippen LogP contribution >= 0.6 is 0 Å². The molecule has 0 radical (unpaired) electrons. The maximum atomic E-state index is 10.5. The summed E-state index contributed by atoms with van der Waals surface area (Å²) in [7, 11) is 0. The summed E-state index contributed by atoms with van der Waals surface area (Å²) in [5, 5.41) is 9.69. The summed E-state index contributed by atoms with van der Waals surface area (Å²) in [4.78, 5) is 15.2. The quantitative estimate of drug-likeness (QED) is 0.544. The summed E-state index contributed by atoms with van der Waals surface area (Å²) in [6.45, 7) is 1.16. The number of nitriles is 1. The summed E-state index contributed by atoms with van der Waals surface area (Å²) in [6, 6.07) is 1.98. The van der Waals surface area contributed by atoms with Gasteiger partial charge in [-0.05, 0) is 0 Å². The second-order valence-corrected chi connectivity index (χ2v) is 2.05. The predicted molar refractivity (Wildman–Crippen MR) is 32.5 cm³/mol. The van der Waals surface area contributed by atoms with Gasteiger partial charge in [0.2, 0.25) is 0 Å². The molecule has 4 heteroatoms. The van der Waals surface area contributed by atoms with Crippen LogP contribution in [-0.4, -0.2) is 24.1 Å². The van der Waals surface area contributed by atoms with Crippen molar-refractivity contribution in [2.75, 3.05) is 13.1 Å². The third-order valence-corrected chi connectivity index (χ3v) is 1.27. The molecule has 10 heavy (non-hydrogen) atoms. The molecule has 0 atom stereocenters. The first kappa shape index (κ1) is 7.03. The van der Waals surface area contributed by atoms with Crippen LogP contribution in [-0.2, 0) is 9.63 Å². The van der Waals surface area contributed by atoms with Gasteiger partial charge in [0.05, 0.1) is 18.9 Å². The monoisotopic (exact) mass is 140 g/mol.